The molecule has 0 aromatic carbocycles. The normalized spacial score (nSPS) is 16.6. The fourth-order valence-corrected chi connectivity index (χ4v) is 3.26. The van der Waals surface area contributed by atoms with Crippen LogP contribution in [0, 0.1) is 12.3 Å². The van der Waals surface area contributed by atoms with Gasteiger partial charge in [-0.2, -0.15) is 13.2 Å². The van der Waals surface area contributed by atoms with Gasteiger partial charge in [0.1, 0.15) is 11.9 Å². The molecule has 1 N–H and O–H groups in total. The zero-order valence-electron chi connectivity index (χ0n) is 14.9. The van der Waals surface area contributed by atoms with Gasteiger partial charge in [-0.1, -0.05) is 32.1 Å². The van der Waals surface area contributed by atoms with Crippen LogP contribution in [-0.2, 0) is 11.0 Å². The summed E-state index contributed by atoms with van der Waals surface area (Å²) < 4.78 is 38.2. The third-order valence-electron chi connectivity index (χ3n) is 4.65. The van der Waals surface area contributed by atoms with Gasteiger partial charge < -0.3 is 10.2 Å². The maximum absolute atomic E-state index is 12.7. The second-order valence-electron chi connectivity index (χ2n) is 6.50. The van der Waals surface area contributed by atoms with E-state index in [0.29, 0.717) is 6.42 Å². The lowest BCUT2D eigenvalue weighted by atomic mass is 9.95. The molecule has 0 bridgehead atoms. The van der Waals surface area contributed by atoms with Crippen molar-refractivity contribution < 1.29 is 18.0 Å². The lowest BCUT2D eigenvalue weighted by Crippen LogP contribution is -2.50. The van der Waals surface area contributed by atoms with Gasteiger partial charge in [0, 0.05) is 12.2 Å². The Morgan fingerprint density at radius 2 is 2.08 bits per heavy atom. The molecule has 142 valence electrons. The lowest BCUT2D eigenvalue weighted by Gasteiger charge is -2.32. The molecule has 1 fully saturated rings. The predicted octanol–water partition coefficient (Wildman–Crippen LogP) is 3.77. The van der Waals surface area contributed by atoms with E-state index < -0.39 is 17.8 Å². The van der Waals surface area contributed by atoms with Crippen LogP contribution < -0.4 is 10.2 Å². The highest BCUT2D eigenvalue weighted by molar-refractivity contribution is 5.85. The molecule has 1 aromatic heterocycles. The maximum atomic E-state index is 12.7. The molecular weight excluding hydrogens is 343 g/mol. The van der Waals surface area contributed by atoms with Crippen molar-refractivity contribution in [2.45, 2.75) is 63.7 Å². The van der Waals surface area contributed by atoms with E-state index >= 15 is 0 Å². The molecule has 1 amide bonds. The zero-order chi connectivity index (χ0) is 19.2. The number of carbonyl (C=O) groups is 1. The number of carbonyl (C=O) groups excluding carboxylic acids is 1. The summed E-state index contributed by atoms with van der Waals surface area (Å²) in [5.41, 5.74) is -0.832. The molecule has 0 aliphatic heterocycles. The molecule has 0 spiro atoms. The Labute approximate surface area is 152 Å². The largest absolute Gasteiger partial charge is 0.417 e. The minimum atomic E-state index is -4.45. The molecule has 0 radical (unpaired) electrons. The number of anilines is 1. The number of hydrogen-bond acceptors (Lipinski definition) is 3. The van der Waals surface area contributed by atoms with Crippen molar-refractivity contribution >= 4 is 11.7 Å². The maximum Gasteiger partial charge on any atom is 0.417 e. The quantitative estimate of drug-likeness (QED) is 0.779. The molecule has 4 nitrogen and oxygen atoms in total. The van der Waals surface area contributed by atoms with E-state index in [2.05, 4.69) is 16.2 Å². The van der Waals surface area contributed by atoms with Crippen molar-refractivity contribution in [3.05, 3.63) is 23.9 Å². The van der Waals surface area contributed by atoms with Crippen LogP contribution in [0.3, 0.4) is 0 Å². The van der Waals surface area contributed by atoms with Gasteiger partial charge in [-0.15, -0.1) is 6.42 Å². The van der Waals surface area contributed by atoms with E-state index in [-0.39, 0.29) is 24.3 Å². The lowest BCUT2D eigenvalue weighted by molar-refractivity contribution is -0.137. The van der Waals surface area contributed by atoms with Crippen LogP contribution in [0.15, 0.2) is 18.3 Å². The van der Waals surface area contributed by atoms with Crippen LogP contribution in [-0.4, -0.2) is 29.5 Å². The smallest absolute Gasteiger partial charge is 0.352 e. The second kappa shape index (κ2) is 8.93. The Morgan fingerprint density at radius 3 is 2.58 bits per heavy atom. The number of amides is 1. The third-order valence-corrected chi connectivity index (χ3v) is 4.65. The van der Waals surface area contributed by atoms with Gasteiger partial charge in [0.05, 0.1) is 12.1 Å². The summed E-state index contributed by atoms with van der Waals surface area (Å²) in [5, 5.41) is 3.06. The number of rotatable bonds is 6. The molecule has 1 heterocycles. The van der Waals surface area contributed by atoms with Crippen LogP contribution in [0.2, 0.25) is 0 Å². The summed E-state index contributed by atoms with van der Waals surface area (Å²) in [6, 6.07) is 1.80. The van der Waals surface area contributed by atoms with Crippen molar-refractivity contribution in [3.63, 3.8) is 0 Å². The summed E-state index contributed by atoms with van der Waals surface area (Å²) in [6.45, 7) is 1.94. The summed E-state index contributed by atoms with van der Waals surface area (Å²) >= 11 is 0. The number of alkyl halides is 3. The van der Waals surface area contributed by atoms with Crippen molar-refractivity contribution in [1.29, 1.82) is 0 Å². The Morgan fingerprint density at radius 1 is 1.38 bits per heavy atom. The molecule has 0 unspecified atom stereocenters. The van der Waals surface area contributed by atoms with Crippen LogP contribution in [0.5, 0.6) is 0 Å². The molecule has 7 heteroatoms. The van der Waals surface area contributed by atoms with Crippen molar-refractivity contribution in [2.24, 2.45) is 0 Å². The molecule has 2 rings (SSSR count). The molecule has 1 aromatic rings. The molecule has 1 saturated carbocycles. The van der Waals surface area contributed by atoms with Gasteiger partial charge >= 0.3 is 6.18 Å². The van der Waals surface area contributed by atoms with Crippen molar-refractivity contribution in [3.8, 4) is 12.3 Å². The molecular formula is C19H24F3N3O. The third kappa shape index (κ3) is 5.13. The summed E-state index contributed by atoms with van der Waals surface area (Å²) in [4.78, 5) is 18.2. The number of nitrogens with one attached hydrogen (secondary N) is 1. The Bertz CT molecular complexity index is 631. The molecule has 1 aliphatic rings. The number of nitrogens with zero attached hydrogens (tertiary/aromatic N) is 2. The topological polar surface area (TPSA) is 45.2 Å². The first kappa shape index (κ1) is 20.1. The summed E-state index contributed by atoms with van der Waals surface area (Å²) in [5.74, 6) is 2.58. The number of aromatic nitrogens is 1. The van der Waals surface area contributed by atoms with Gasteiger partial charge in [-0.05, 0) is 31.4 Å². The molecule has 1 aliphatic carbocycles. The highest BCUT2D eigenvalue weighted by Gasteiger charge is 2.32. The van der Waals surface area contributed by atoms with E-state index in [1.54, 1.807) is 4.90 Å². The van der Waals surface area contributed by atoms with Crippen molar-refractivity contribution in [1.82, 2.24) is 10.3 Å². The first-order chi connectivity index (χ1) is 12.4. The highest BCUT2D eigenvalue weighted by Crippen LogP contribution is 2.29. The number of terminal acetylenes is 1. The van der Waals surface area contributed by atoms with Gasteiger partial charge in [0.25, 0.3) is 0 Å². The first-order valence-electron chi connectivity index (χ1n) is 8.90. The van der Waals surface area contributed by atoms with Crippen LogP contribution in [0.4, 0.5) is 19.0 Å². The molecule has 0 saturated heterocycles. The second-order valence-corrected chi connectivity index (χ2v) is 6.50. The van der Waals surface area contributed by atoms with Gasteiger partial charge in [0.2, 0.25) is 5.91 Å². The standard InChI is InChI=1S/C19H24F3N3O/c1-3-12-25(17-11-10-14(13-23-17)19(20,21)22)16(4-2)18(26)24-15-8-6-5-7-9-15/h1,10-11,13,15-16H,4-9,12H2,2H3,(H,24,26)/t16-/m1/s1. The summed E-state index contributed by atoms with van der Waals surface area (Å²) in [6.07, 6.45) is 7.48. The summed E-state index contributed by atoms with van der Waals surface area (Å²) in [7, 11) is 0. The van der Waals surface area contributed by atoms with Gasteiger partial charge in [-0.25, -0.2) is 4.98 Å². The fourth-order valence-electron chi connectivity index (χ4n) is 3.26. The highest BCUT2D eigenvalue weighted by atomic mass is 19.4. The minimum absolute atomic E-state index is 0.0922. The van der Waals surface area contributed by atoms with E-state index in [4.69, 9.17) is 6.42 Å². The Hall–Kier alpha value is -2.23. The van der Waals surface area contributed by atoms with Gasteiger partial charge in [0.15, 0.2) is 0 Å². The first-order valence-corrected chi connectivity index (χ1v) is 8.90. The van der Waals surface area contributed by atoms with Gasteiger partial charge in [-0.3, -0.25) is 4.79 Å². The predicted molar refractivity (Wildman–Crippen MR) is 94.5 cm³/mol. The number of pyridine rings is 1. The molecule has 1 atom stereocenters. The monoisotopic (exact) mass is 367 g/mol. The zero-order valence-corrected chi connectivity index (χ0v) is 14.9. The minimum Gasteiger partial charge on any atom is -0.352 e. The van der Waals surface area contributed by atoms with E-state index in [0.717, 1.165) is 37.9 Å². The van der Waals surface area contributed by atoms with Crippen LogP contribution in [0.1, 0.15) is 51.0 Å². The van der Waals surface area contributed by atoms with Crippen LogP contribution in [0.25, 0.3) is 0 Å². The number of halogens is 3. The van der Waals surface area contributed by atoms with E-state index in [1.807, 2.05) is 6.92 Å². The van der Waals surface area contributed by atoms with E-state index in [9.17, 15) is 18.0 Å². The Balaban J connectivity index is 2.16. The average Bonchev–Trinajstić information content (AvgIpc) is 2.62. The molecule has 26 heavy (non-hydrogen) atoms. The fraction of sp³-hybridized carbons (Fsp3) is 0.579. The number of hydrogen-bond donors (Lipinski definition) is 1. The van der Waals surface area contributed by atoms with Crippen LogP contribution >= 0.6 is 0 Å². The van der Waals surface area contributed by atoms with Crippen molar-refractivity contribution in [2.75, 3.05) is 11.4 Å². The SMILES string of the molecule is C#CCN(c1ccc(C(F)(F)F)cn1)[C@H](CC)C(=O)NC1CCCCC1. The van der Waals surface area contributed by atoms with E-state index in [1.165, 1.54) is 12.5 Å². The average molecular weight is 367 g/mol. The Kier molecular flexibility index (Phi) is 6.90.